The molecule has 0 aliphatic heterocycles. The van der Waals surface area contributed by atoms with E-state index in [-0.39, 0.29) is 13.0 Å². The van der Waals surface area contributed by atoms with Crippen LogP contribution in [0.5, 0.6) is 0 Å². The average molecular weight is 239 g/mol. The van der Waals surface area contributed by atoms with Gasteiger partial charge in [-0.2, -0.15) is 8.42 Å². The van der Waals surface area contributed by atoms with Crippen LogP contribution >= 0.6 is 0 Å². The minimum absolute atomic E-state index is 0.155. The SMILES string of the molecule is CCCCCCC(C(O)CN)S(=O)(=O)O. The Morgan fingerprint density at radius 3 is 2.27 bits per heavy atom. The van der Waals surface area contributed by atoms with Crippen molar-refractivity contribution in [1.29, 1.82) is 0 Å². The molecule has 4 N–H and O–H groups in total. The second-order valence-electron chi connectivity index (χ2n) is 3.71. The smallest absolute Gasteiger partial charge is 0.270 e. The van der Waals surface area contributed by atoms with Crippen LogP contribution in [0.25, 0.3) is 0 Å². The second-order valence-corrected chi connectivity index (χ2v) is 5.34. The highest BCUT2D eigenvalue weighted by Gasteiger charge is 2.29. The Kier molecular flexibility index (Phi) is 7.08. The van der Waals surface area contributed by atoms with Crippen molar-refractivity contribution in [2.24, 2.45) is 5.73 Å². The van der Waals surface area contributed by atoms with Crippen LogP contribution in [-0.2, 0) is 10.1 Å². The summed E-state index contributed by atoms with van der Waals surface area (Å²) in [6.45, 7) is 1.90. The Morgan fingerprint density at radius 1 is 1.27 bits per heavy atom. The first-order valence-electron chi connectivity index (χ1n) is 5.27. The molecule has 0 radical (unpaired) electrons. The molecule has 0 heterocycles. The van der Waals surface area contributed by atoms with Gasteiger partial charge < -0.3 is 10.8 Å². The molecule has 0 saturated carbocycles. The van der Waals surface area contributed by atoms with Crippen molar-refractivity contribution >= 4 is 10.1 Å². The molecule has 2 atom stereocenters. The molecule has 0 amide bonds. The topological polar surface area (TPSA) is 101 Å². The van der Waals surface area contributed by atoms with Crippen LogP contribution in [-0.4, -0.2) is 36.0 Å². The van der Waals surface area contributed by atoms with Gasteiger partial charge in [-0.25, -0.2) is 0 Å². The summed E-state index contributed by atoms with van der Waals surface area (Å²) >= 11 is 0. The fraction of sp³-hybridized carbons (Fsp3) is 1.00. The number of hydrogen-bond donors (Lipinski definition) is 3. The molecule has 5 nitrogen and oxygen atoms in total. The van der Waals surface area contributed by atoms with Crippen molar-refractivity contribution in [3.05, 3.63) is 0 Å². The van der Waals surface area contributed by atoms with Gasteiger partial charge in [-0.3, -0.25) is 4.55 Å². The van der Waals surface area contributed by atoms with Crippen LogP contribution in [0.2, 0.25) is 0 Å². The Hall–Kier alpha value is -0.170. The zero-order valence-corrected chi connectivity index (χ0v) is 9.91. The van der Waals surface area contributed by atoms with Crippen molar-refractivity contribution < 1.29 is 18.1 Å². The van der Waals surface area contributed by atoms with E-state index in [0.717, 1.165) is 19.3 Å². The number of rotatable bonds is 8. The van der Waals surface area contributed by atoms with Crippen LogP contribution in [0.15, 0.2) is 0 Å². The molecule has 0 spiro atoms. The van der Waals surface area contributed by atoms with E-state index in [0.29, 0.717) is 6.42 Å². The van der Waals surface area contributed by atoms with Crippen LogP contribution < -0.4 is 5.73 Å². The summed E-state index contributed by atoms with van der Waals surface area (Å²) in [6, 6.07) is 0. The quantitative estimate of drug-likeness (QED) is 0.424. The molecule has 6 heteroatoms. The average Bonchev–Trinajstić information content (AvgIpc) is 2.15. The van der Waals surface area contributed by atoms with Gasteiger partial charge in [0.15, 0.2) is 0 Å². The number of nitrogens with two attached hydrogens (primary N) is 1. The molecular weight excluding hydrogens is 218 g/mol. The first-order valence-corrected chi connectivity index (χ1v) is 6.78. The zero-order chi connectivity index (χ0) is 11.9. The van der Waals surface area contributed by atoms with E-state index in [1.54, 1.807) is 0 Å². The summed E-state index contributed by atoms with van der Waals surface area (Å²) in [7, 11) is -4.19. The molecule has 0 aliphatic carbocycles. The Morgan fingerprint density at radius 2 is 1.87 bits per heavy atom. The summed E-state index contributed by atoms with van der Waals surface area (Å²) < 4.78 is 30.8. The standard InChI is InChI=1S/C9H21NO4S/c1-2-3-4-5-6-9(8(11)7-10)15(12,13)14/h8-9,11H,2-7,10H2,1H3,(H,12,13,14). The highest BCUT2D eigenvalue weighted by molar-refractivity contribution is 7.86. The molecule has 15 heavy (non-hydrogen) atoms. The van der Waals surface area contributed by atoms with Crippen LogP contribution in [0, 0.1) is 0 Å². The maximum Gasteiger partial charge on any atom is 0.270 e. The number of hydrogen-bond acceptors (Lipinski definition) is 4. The van der Waals surface area contributed by atoms with Gasteiger partial charge in [0.1, 0.15) is 5.25 Å². The maximum atomic E-state index is 10.9. The second kappa shape index (κ2) is 7.16. The third-order valence-corrected chi connectivity index (χ3v) is 3.71. The highest BCUT2D eigenvalue weighted by Crippen LogP contribution is 2.14. The zero-order valence-electron chi connectivity index (χ0n) is 9.09. The minimum atomic E-state index is -4.19. The summed E-state index contributed by atoms with van der Waals surface area (Å²) in [5.74, 6) is 0. The molecular formula is C9H21NO4S. The predicted octanol–water partition coefficient (Wildman–Crippen LogP) is 0.533. The molecule has 0 bridgehead atoms. The van der Waals surface area contributed by atoms with Gasteiger partial charge in [0, 0.05) is 6.54 Å². The Labute approximate surface area is 91.4 Å². The van der Waals surface area contributed by atoms with E-state index < -0.39 is 21.5 Å². The van der Waals surface area contributed by atoms with E-state index >= 15 is 0 Å². The molecule has 0 aliphatic rings. The van der Waals surface area contributed by atoms with E-state index in [1.165, 1.54) is 0 Å². The van der Waals surface area contributed by atoms with Gasteiger partial charge in [0.05, 0.1) is 6.10 Å². The molecule has 2 unspecified atom stereocenters. The maximum absolute atomic E-state index is 10.9. The highest BCUT2D eigenvalue weighted by atomic mass is 32.2. The molecule has 0 aromatic rings. The first kappa shape index (κ1) is 14.8. The fourth-order valence-electron chi connectivity index (χ4n) is 1.46. The third-order valence-electron chi connectivity index (χ3n) is 2.40. The summed E-state index contributed by atoms with van der Waals surface area (Å²) in [6.07, 6.45) is 2.74. The van der Waals surface area contributed by atoms with Gasteiger partial charge >= 0.3 is 0 Å². The van der Waals surface area contributed by atoms with Gasteiger partial charge in [-0.05, 0) is 6.42 Å². The Bertz CT molecular complexity index is 253. The molecule has 0 aromatic carbocycles. The molecule has 0 saturated heterocycles. The minimum Gasteiger partial charge on any atom is -0.390 e. The molecule has 0 fully saturated rings. The van der Waals surface area contributed by atoms with E-state index in [4.69, 9.17) is 10.3 Å². The van der Waals surface area contributed by atoms with Gasteiger partial charge in [-0.15, -0.1) is 0 Å². The lowest BCUT2D eigenvalue weighted by Gasteiger charge is -2.18. The van der Waals surface area contributed by atoms with Crippen molar-refractivity contribution in [3.63, 3.8) is 0 Å². The lowest BCUT2D eigenvalue weighted by Crippen LogP contribution is -2.38. The summed E-state index contributed by atoms with van der Waals surface area (Å²) in [5, 5.41) is 8.21. The van der Waals surface area contributed by atoms with Crippen LogP contribution in [0.4, 0.5) is 0 Å². The van der Waals surface area contributed by atoms with E-state index in [1.807, 2.05) is 0 Å². The fourth-order valence-corrected chi connectivity index (χ4v) is 2.44. The number of aliphatic hydroxyl groups excluding tert-OH is 1. The van der Waals surface area contributed by atoms with Crippen molar-refractivity contribution in [2.75, 3.05) is 6.54 Å². The number of aliphatic hydroxyl groups is 1. The van der Waals surface area contributed by atoms with Gasteiger partial charge in [-0.1, -0.05) is 32.6 Å². The lowest BCUT2D eigenvalue weighted by molar-refractivity contribution is 0.167. The summed E-state index contributed by atoms with van der Waals surface area (Å²) in [5.41, 5.74) is 5.17. The Balaban J connectivity index is 4.16. The predicted molar refractivity (Wildman–Crippen MR) is 59.2 cm³/mol. The number of unbranched alkanes of at least 4 members (excludes halogenated alkanes) is 3. The van der Waals surface area contributed by atoms with E-state index in [9.17, 15) is 13.5 Å². The first-order chi connectivity index (χ1) is 6.93. The monoisotopic (exact) mass is 239 g/mol. The third kappa shape index (κ3) is 6.09. The largest absolute Gasteiger partial charge is 0.390 e. The molecule has 0 rings (SSSR count). The summed E-state index contributed by atoms with van der Waals surface area (Å²) in [4.78, 5) is 0. The van der Waals surface area contributed by atoms with Crippen molar-refractivity contribution in [3.8, 4) is 0 Å². The van der Waals surface area contributed by atoms with Crippen molar-refractivity contribution in [2.45, 2.75) is 50.4 Å². The van der Waals surface area contributed by atoms with Gasteiger partial charge in [0.25, 0.3) is 10.1 Å². The van der Waals surface area contributed by atoms with Gasteiger partial charge in [0.2, 0.25) is 0 Å². The van der Waals surface area contributed by atoms with Crippen LogP contribution in [0.1, 0.15) is 39.0 Å². The van der Waals surface area contributed by atoms with Crippen LogP contribution in [0.3, 0.4) is 0 Å². The normalized spacial score (nSPS) is 16.3. The van der Waals surface area contributed by atoms with E-state index in [2.05, 4.69) is 6.92 Å². The lowest BCUT2D eigenvalue weighted by atomic mass is 10.1. The molecule has 92 valence electrons. The molecule has 0 aromatic heterocycles. The van der Waals surface area contributed by atoms with Crippen molar-refractivity contribution in [1.82, 2.24) is 0 Å².